The first-order valence-electron chi connectivity index (χ1n) is 12.3. The summed E-state index contributed by atoms with van der Waals surface area (Å²) in [6.45, 7) is 4.76. The van der Waals surface area contributed by atoms with E-state index in [1.54, 1.807) is 12.1 Å². The second-order valence-corrected chi connectivity index (χ2v) is 9.59. The van der Waals surface area contributed by atoms with Gasteiger partial charge in [-0.2, -0.15) is 0 Å². The number of hydrogen-bond acceptors (Lipinski definition) is 6. The Labute approximate surface area is 213 Å². The molecule has 0 bridgehead atoms. The van der Waals surface area contributed by atoms with Gasteiger partial charge in [-0.15, -0.1) is 0 Å². The highest BCUT2D eigenvalue weighted by atomic mass is 16.5. The van der Waals surface area contributed by atoms with Gasteiger partial charge in [0.1, 0.15) is 5.52 Å². The largest absolute Gasteiger partial charge is 0.436 e. The first-order valence-corrected chi connectivity index (χ1v) is 12.3. The number of oxazole rings is 1. The van der Waals surface area contributed by atoms with Crippen LogP contribution in [-0.2, 0) is 4.74 Å². The summed E-state index contributed by atoms with van der Waals surface area (Å²) in [5, 5.41) is 2.93. The summed E-state index contributed by atoms with van der Waals surface area (Å²) in [6, 6.07) is 16.0. The average Bonchev–Trinajstić information content (AvgIpc) is 3.61. The predicted octanol–water partition coefficient (Wildman–Crippen LogP) is 5.14. The molecule has 2 aliphatic rings. The topological polar surface area (TPSA) is 102 Å². The van der Waals surface area contributed by atoms with Crippen molar-refractivity contribution in [2.24, 2.45) is 0 Å². The molecule has 37 heavy (non-hydrogen) atoms. The number of benzene rings is 3. The Bertz CT molecular complexity index is 1580. The van der Waals surface area contributed by atoms with Crippen LogP contribution in [0.3, 0.4) is 0 Å². The molecule has 1 aromatic heterocycles. The van der Waals surface area contributed by atoms with Gasteiger partial charge in [-0.25, -0.2) is 4.98 Å². The third kappa shape index (κ3) is 4.19. The maximum atomic E-state index is 13.2. The van der Waals surface area contributed by atoms with Crippen molar-refractivity contribution in [1.29, 1.82) is 0 Å². The summed E-state index contributed by atoms with van der Waals surface area (Å²) < 4.78 is 11.5. The number of amides is 3. The molecule has 0 saturated carbocycles. The standard InChI is InChI=1S/C29H25N3O5/c1-16-5-10-25-24(12-16)31-27(37-25)19-7-6-17(2)23(14-19)30-26(33)18-8-9-21-22(13-18)29(35)32(28(21)34)15-20-4-3-11-36-20/h5-10,12-14,20H,3-4,11,15H2,1-2H3,(H,30,33). The van der Waals surface area contributed by atoms with Gasteiger partial charge in [0.2, 0.25) is 5.89 Å². The van der Waals surface area contributed by atoms with Crippen LogP contribution in [0.2, 0.25) is 0 Å². The Morgan fingerprint density at radius 1 is 1.03 bits per heavy atom. The Balaban J connectivity index is 1.24. The number of hydrogen-bond donors (Lipinski definition) is 1. The number of anilines is 1. The van der Waals surface area contributed by atoms with Crippen LogP contribution >= 0.6 is 0 Å². The predicted molar refractivity (Wildman–Crippen MR) is 138 cm³/mol. The van der Waals surface area contributed by atoms with Crippen LogP contribution in [0.5, 0.6) is 0 Å². The zero-order chi connectivity index (χ0) is 25.7. The summed E-state index contributed by atoms with van der Waals surface area (Å²) in [5.74, 6) is -0.660. The van der Waals surface area contributed by atoms with Gasteiger partial charge >= 0.3 is 0 Å². The van der Waals surface area contributed by atoms with E-state index in [0.29, 0.717) is 34.9 Å². The Morgan fingerprint density at radius 2 is 1.86 bits per heavy atom. The first kappa shape index (κ1) is 23.1. The van der Waals surface area contributed by atoms with Gasteiger partial charge in [0, 0.05) is 23.4 Å². The number of nitrogens with zero attached hydrogens (tertiary/aromatic N) is 2. The number of rotatable bonds is 5. The quantitative estimate of drug-likeness (QED) is 0.385. The summed E-state index contributed by atoms with van der Waals surface area (Å²) in [7, 11) is 0. The molecule has 1 fully saturated rings. The second kappa shape index (κ2) is 8.97. The zero-order valence-electron chi connectivity index (χ0n) is 20.5. The molecule has 3 aromatic carbocycles. The third-order valence-electron chi connectivity index (χ3n) is 6.92. The van der Waals surface area contributed by atoms with E-state index in [2.05, 4.69) is 10.3 Å². The minimum absolute atomic E-state index is 0.134. The fourth-order valence-electron chi connectivity index (χ4n) is 4.83. The van der Waals surface area contributed by atoms with Crippen LogP contribution in [0.25, 0.3) is 22.6 Å². The number of aromatic nitrogens is 1. The fourth-order valence-corrected chi connectivity index (χ4v) is 4.83. The first-order chi connectivity index (χ1) is 17.9. The van der Waals surface area contributed by atoms with E-state index in [-0.39, 0.29) is 30.0 Å². The Morgan fingerprint density at radius 3 is 2.68 bits per heavy atom. The van der Waals surface area contributed by atoms with Gasteiger partial charge in [-0.3, -0.25) is 19.3 Å². The molecule has 6 rings (SSSR count). The van der Waals surface area contributed by atoms with Crippen LogP contribution in [0.1, 0.15) is 55.0 Å². The average molecular weight is 496 g/mol. The number of aryl methyl sites for hydroxylation is 2. The Hall–Kier alpha value is -4.30. The molecule has 8 heteroatoms. The zero-order valence-corrected chi connectivity index (χ0v) is 20.5. The monoisotopic (exact) mass is 495 g/mol. The Kier molecular flexibility index (Phi) is 5.61. The molecule has 8 nitrogen and oxygen atoms in total. The van der Waals surface area contributed by atoms with E-state index in [1.165, 1.54) is 11.0 Å². The van der Waals surface area contributed by atoms with Crippen molar-refractivity contribution in [1.82, 2.24) is 9.88 Å². The molecular formula is C29H25N3O5. The second-order valence-electron chi connectivity index (χ2n) is 9.59. The summed E-state index contributed by atoms with van der Waals surface area (Å²) in [4.78, 5) is 44.7. The van der Waals surface area contributed by atoms with Crippen molar-refractivity contribution in [3.05, 3.63) is 82.4 Å². The highest BCUT2D eigenvalue weighted by molar-refractivity contribution is 6.22. The maximum Gasteiger partial charge on any atom is 0.261 e. The van der Waals surface area contributed by atoms with Crippen LogP contribution in [0.4, 0.5) is 5.69 Å². The van der Waals surface area contributed by atoms with Gasteiger partial charge in [0.05, 0.1) is 23.8 Å². The molecule has 186 valence electrons. The minimum Gasteiger partial charge on any atom is -0.436 e. The number of nitrogens with one attached hydrogen (secondary N) is 1. The lowest BCUT2D eigenvalue weighted by Gasteiger charge is -2.17. The normalized spacial score (nSPS) is 17.0. The summed E-state index contributed by atoms with van der Waals surface area (Å²) >= 11 is 0. The minimum atomic E-state index is -0.394. The lowest BCUT2D eigenvalue weighted by atomic mass is 10.0. The summed E-state index contributed by atoms with van der Waals surface area (Å²) in [6.07, 6.45) is 1.61. The smallest absolute Gasteiger partial charge is 0.261 e. The molecule has 3 amide bonds. The van der Waals surface area contributed by atoms with Gasteiger partial charge in [0.25, 0.3) is 17.7 Å². The van der Waals surface area contributed by atoms with Crippen molar-refractivity contribution >= 4 is 34.5 Å². The van der Waals surface area contributed by atoms with Crippen LogP contribution in [-0.4, -0.2) is 46.9 Å². The van der Waals surface area contributed by atoms with Crippen molar-refractivity contribution < 1.29 is 23.5 Å². The third-order valence-corrected chi connectivity index (χ3v) is 6.92. The lowest BCUT2D eigenvalue weighted by molar-refractivity contribution is 0.0475. The van der Waals surface area contributed by atoms with E-state index in [1.807, 2.05) is 50.2 Å². The van der Waals surface area contributed by atoms with Crippen molar-refractivity contribution in [3.63, 3.8) is 0 Å². The fraction of sp³-hybridized carbons (Fsp3) is 0.241. The van der Waals surface area contributed by atoms with Crippen LogP contribution in [0, 0.1) is 13.8 Å². The van der Waals surface area contributed by atoms with E-state index in [4.69, 9.17) is 9.15 Å². The molecule has 1 saturated heterocycles. The van der Waals surface area contributed by atoms with Crippen LogP contribution in [0.15, 0.2) is 59.0 Å². The molecule has 1 unspecified atom stereocenters. The maximum absolute atomic E-state index is 13.2. The molecule has 3 heterocycles. The number of carbonyl (C=O) groups is 3. The molecule has 1 atom stereocenters. The lowest BCUT2D eigenvalue weighted by Crippen LogP contribution is -2.36. The number of fused-ring (bicyclic) bond motifs is 2. The number of ether oxygens (including phenoxy) is 1. The summed E-state index contributed by atoms with van der Waals surface area (Å²) in [5.41, 5.74) is 5.59. The van der Waals surface area contributed by atoms with Gasteiger partial charge < -0.3 is 14.5 Å². The van der Waals surface area contributed by atoms with Crippen molar-refractivity contribution in [2.45, 2.75) is 32.8 Å². The molecule has 0 aliphatic carbocycles. The molecule has 1 N–H and O–H groups in total. The molecular weight excluding hydrogens is 470 g/mol. The van der Waals surface area contributed by atoms with E-state index < -0.39 is 5.91 Å². The van der Waals surface area contributed by atoms with E-state index >= 15 is 0 Å². The van der Waals surface area contributed by atoms with E-state index in [0.717, 1.165) is 35.0 Å². The van der Waals surface area contributed by atoms with Crippen molar-refractivity contribution in [2.75, 3.05) is 18.5 Å². The highest BCUT2D eigenvalue weighted by Crippen LogP contribution is 2.30. The van der Waals surface area contributed by atoms with Crippen molar-refractivity contribution in [3.8, 4) is 11.5 Å². The molecule has 0 radical (unpaired) electrons. The SMILES string of the molecule is Cc1ccc2oc(-c3ccc(C)c(NC(=O)c4ccc5c(c4)C(=O)N(CC4CCCO4)C5=O)c3)nc2c1. The van der Waals surface area contributed by atoms with E-state index in [9.17, 15) is 14.4 Å². The van der Waals surface area contributed by atoms with Gasteiger partial charge in [-0.1, -0.05) is 12.1 Å². The van der Waals surface area contributed by atoms with Crippen LogP contribution < -0.4 is 5.32 Å². The van der Waals surface area contributed by atoms with Gasteiger partial charge in [-0.05, 0) is 80.3 Å². The molecule has 2 aliphatic heterocycles. The molecule has 4 aromatic rings. The number of imide groups is 1. The number of carbonyl (C=O) groups excluding carboxylic acids is 3. The molecule has 0 spiro atoms. The highest BCUT2D eigenvalue weighted by Gasteiger charge is 2.38. The van der Waals surface area contributed by atoms with Gasteiger partial charge in [0.15, 0.2) is 5.58 Å².